The van der Waals surface area contributed by atoms with Crippen molar-refractivity contribution in [2.45, 2.75) is 43.2 Å². The van der Waals surface area contributed by atoms with Gasteiger partial charge in [-0.15, -0.1) is 6.42 Å². The van der Waals surface area contributed by atoms with E-state index >= 15 is 4.39 Å². The Labute approximate surface area is 211 Å². The Bertz CT molecular complexity index is 1740. The minimum Gasteiger partial charge on any atom is -0.333 e. The number of aromatic nitrogens is 4. The average molecular weight is 482 g/mol. The zero-order valence-corrected chi connectivity index (χ0v) is 19.2. The fraction of sp³-hybridized carbons (Fsp3) is 0.286. The molecule has 0 unspecified atom stereocenters. The molecule has 8 heteroatoms. The lowest BCUT2D eigenvalue weighted by atomic mass is 9.77. The first-order valence-corrected chi connectivity index (χ1v) is 11.9. The van der Waals surface area contributed by atoms with Crippen molar-refractivity contribution < 1.29 is 13.3 Å². The van der Waals surface area contributed by atoms with Crippen molar-refractivity contribution in [1.82, 2.24) is 24.5 Å². The van der Waals surface area contributed by atoms with Crippen molar-refractivity contribution in [3.8, 4) is 23.5 Å². The highest BCUT2D eigenvalue weighted by molar-refractivity contribution is 5.98. The number of halogens is 1. The number of carbonyl (C=O) groups is 1. The van der Waals surface area contributed by atoms with Gasteiger partial charge in [-0.1, -0.05) is 12.0 Å². The van der Waals surface area contributed by atoms with Crippen LogP contribution in [0.3, 0.4) is 0 Å². The number of nitrogens with zero attached hydrogens (tertiary/aromatic N) is 5. The molecule has 1 amide bonds. The molecule has 1 fully saturated rings. The van der Waals surface area contributed by atoms with E-state index in [9.17, 15) is 4.79 Å². The highest BCUT2D eigenvalue weighted by Gasteiger charge is 2.45. The number of hydrogen-bond acceptors (Lipinski definition) is 5. The molecule has 2 aliphatic carbocycles. The molecule has 36 heavy (non-hydrogen) atoms. The molecule has 7 rings (SSSR count). The van der Waals surface area contributed by atoms with Crippen molar-refractivity contribution in [2.75, 3.05) is 6.98 Å². The Hall–Kier alpha value is -4.09. The lowest BCUT2D eigenvalue weighted by Gasteiger charge is -2.36. The van der Waals surface area contributed by atoms with E-state index in [1.807, 2.05) is 0 Å². The van der Waals surface area contributed by atoms with E-state index in [1.165, 1.54) is 10.7 Å². The summed E-state index contributed by atoms with van der Waals surface area (Å²) in [5, 5.41) is 4.60. The number of rotatable bonds is 2. The molecule has 7 nitrogen and oxygen atoms in total. The summed E-state index contributed by atoms with van der Waals surface area (Å²) in [6.45, 7) is -2.71. The van der Waals surface area contributed by atoms with Gasteiger partial charge >= 0.3 is 0 Å². The van der Waals surface area contributed by atoms with Gasteiger partial charge in [0, 0.05) is 57.2 Å². The van der Waals surface area contributed by atoms with Crippen LogP contribution in [0.1, 0.15) is 80.3 Å². The number of amides is 1. The van der Waals surface area contributed by atoms with Gasteiger partial charge in [-0.05, 0) is 49.4 Å². The molecule has 1 aromatic carbocycles. The topological polar surface area (TPSA) is 89.4 Å². The van der Waals surface area contributed by atoms with Gasteiger partial charge in [0.15, 0.2) is 0 Å². The predicted octanol–water partition coefficient (Wildman–Crippen LogP) is 3.91. The van der Waals surface area contributed by atoms with Crippen LogP contribution in [0.4, 0.5) is 4.39 Å². The second-order valence-corrected chi connectivity index (χ2v) is 9.86. The third-order valence-electron chi connectivity index (χ3n) is 7.94. The Morgan fingerprint density at radius 3 is 2.75 bits per heavy atom. The molecule has 2 bridgehead atoms. The van der Waals surface area contributed by atoms with Crippen LogP contribution in [0, 0.1) is 18.2 Å². The monoisotopic (exact) mass is 481 g/mol. The third kappa shape index (κ3) is 2.72. The molecular weight excluding hydrogens is 455 g/mol. The van der Waals surface area contributed by atoms with E-state index in [1.54, 1.807) is 36.7 Å². The zero-order chi connectivity index (χ0) is 27.3. The van der Waals surface area contributed by atoms with E-state index in [4.69, 9.17) is 16.3 Å². The van der Waals surface area contributed by atoms with Crippen LogP contribution < -0.4 is 5.73 Å². The van der Waals surface area contributed by atoms with Gasteiger partial charge in [0.25, 0.3) is 5.91 Å². The summed E-state index contributed by atoms with van der Waals surface area (Å²) in [5.41, 5.74) is 9.73. The van der Waals surface area contributed by atoms with E-state index < -0.39 is 36.2 Å². The summed E-state index contributed by atoms with van der Waals surface area (Å²) in [6.07, 6.45) is 13.2. The molecule has 0 radical (unpaired) electrons. The van der Waals surface area contributed by atoms with Crippen LogP contribution in [0.25, 0.3) is 16.6 Å². The van der Waals surface area contributed by atoms with Gasteiger partial charge in [0.1, 0.15) is 11.6 Å². The van der Waals surface area contributed by atoms with E-state index in [0.29, 0.717) is 40.1 Å². The maximum Gasteiger partial charge on any atom is 0.254 e. The van der Waals surface area contributed by atoms with Crippen LogP contribution in [0.2, 0.25) is 0 Å². The fourth-order valence-electron chi connectivity index (χ4n) is 5.90. The first-order chi connectivity index (χ1) is 18.6. The molecule has 3 aliphatic rings. The van der Waals surface area contributed by atoms with Crippen molar-refractivity contribution in [1.29, 1.82) is 0 Å². The average Bonchev–Trinajstić information content (AvgIpc) is 3.38. The van der Waals surface area contributed by atoms with Crippen LogP contribution in [-0.4, -0.2) is 37.4 Å². The van der Waals surface area contributed by atoms with Gasteiger partial charge in [-0.25, -0.2) is 18.9 Å². The van der Waals surface area contributed by atoms with E-state index in [-0.39, 0.29) is 11.1 Å². The second kappa shape index (κ2) is 7.21. The van der Waals surface area contributed by atoms with Crippen molar-refractivity contribution in [3.63, 3.8) is 0 Å². The smallest absolute Gasteiger partial charge is 0.254 e. The normalized spacial score (nSPS) is 23.1. The minimum atomic E-state index is -2.71. The quantitative estimate of drug-likeness (QED) is 0.439. The standard InChI is InChI=1S/C28H23FN6O/c1-3-15-6-4-7-17-23(15)19-11-22(34(2)26(17)36)25-24(19)21-10-18(20(29)14-35(21)33-25)16-12-31-27(32-13-16)28(30)8-5-9-28/h1,4,6-7,10,12-14,19,22H,5,8-9,11,30H2,2H3/t19-,22-/m1/s1/i2D3. The molecule has 4 aromatic rings. The number of pyridine rings is 1. The highest BCUT2D eigenvalue weighted by Crippen LogP contribution is 2.52. The fourth-order valence-corrected chi connectivity index (χ4v) is 5.90. The van der Waals surface area contributed by atoms with Gasteiger partial charge in [0.05, 0.1) is 29.0 Å². The number of terminal acetylenes is 1. The minimum absolute atomic E-state index is 0.261. The number of benzene rings is 1. The Morgan fingerprint density at radius 1 is 1.25 bits per heavy atom. The highest BCUT2D eigenvalue weighted by atomic mass is 19.1. The SMILES string of the molecule is [2H]C([2H])([2H])N1C(=O)c2cccc(C#C)c2[C@H]2C[C@@H]1c1nn3cc(F)c(-c4cnc(C5(N)CCC5)nc4)cc3c12. The van der Waals surface area contributed by atoms with Gasteiger partial charge in [-0.3, -0.25) is 4.79 Å². The summed E-state index contributed by atoms with van der Waals surface area (Å²) in [5.74, 6) is 1.65. The summed E-state index contributed by atoms with van der Waals surface area (Å²) in [6, 6.07) is 5.87. The van der Waals surface area contributed by atoms with Gasteiger partial charge in [-0.2, -0.15) is 5.10 Å². The molecule has 2 N–H and O–H groups in total. The van der Waals surface area contributed by atoms with Crippen molar-refractivity contribution >= 4 is 11.4 Å². The predicted molar refractivity (Wildman–Crippen MR) is 132 cm³/mol. The lowest BCUT2D eigenvalue weighted by molar-refractivity contribution is 0.0734. The molecule has 1 aliphatic heterocycles. The molecule has 0 saturated heterocycles. The van der Waals surface area contributed by atoms with Crippen molar-refractivity contribution in [3.05, 3.63) is 82.4 Å². The molecule has 4 heterocycles. The summed E-state index contributed by atoms with van der Waals surface area (Å²) in [4.78, 5) is 23.4. The summed E-state index contributed by atoms with van der Waals surface area (Å²) in [7, 11) is 0. The number of nitrogens with two attached hydrogens (primary N) is 1. The van der Waals surface area contributed by atoms with Crippen molar-refractivity contribution in [2.24, 2.45) is 5.73 Å². The zero-order valence-electron chi connectivity index (χ0n) is 22.2. The largest absolute Gasteiger partial charge is 0.333 e. The number of hydrogen-bond donors (Lipinski definition) is 1. The van der Waals surface area contributed by atoms with E-state index in [2.05, 4.69) is 21.0 Å². The van der Waals surface area contributed by atoms with Crippen LogP contribution in [-0.2, 0) is 5.54 Å². The van der Waals surface area contributed by atoms with Crippen LogP contribution >= 0.6 is 0 Å². The van der Waals surface area contributed by atoms with E-state index in [0.717, 1.165) is 29.7 Å². The van der Waals surface area contributed by atoms with Crippen LogP contribution in [0.5, 0.6) is 0 Å². The first kappa shape index (κ1) is 18.2. The molecular formula is C28H23FN6O. The number of carbonyl (C=O) groups excluding carboxylic acids is 1. The Morgan fingerprint density at radius 2 is 2.06 bits per heavy atom. The maximum absolute atomic E-state index is 15.4. The summed E-state index contributed by atoms with van der Waals surface area (Å²) >= 11 is 0. The maximum atomic E-state index is 15.4. The first-order valence-electron chi connectivity index (χ1n) is 13.4. The Balaban J connectivity index is 1.43. The van der Waals surface area contributed by atoms with Crippen LogP contribution in [0.15, 0.2) is 42.9 Å². The number of fused-ring (bicyclic) bond motifs is 9. The third-order valence-corrected chi connectivity index (χ3v) is 7.94. The molecule has 1 saturated carbocycles. The lowest BCUT2D eigenvalue weighted by Crippen LogP contribution is -2.44. The van der Waals surface area contributed by atoms with Gasteiger partial charge in [0.2, 0.25) is 0 Å². The molecule has 0 spiro atoms. The molecule has 178 valence electrons. The summed E-state index contributed by atoms with van der Waals surface area (Å²) < 4.78 is 41.3. The molecule has 2 atom stereocenters. The second-order valence-electron chi connectivity index (χ2n) is 9.86. The molecule has 3 aromatic heterocycles. The Kier molecular flexibility index (Phi) is 3.65. The van der Waals surface area contributed by atoms with Gasteiger partial charge < -0.3 is 10.6 Å².